The zero-order valence-electron chi connectivity index (χ0n) is 12.2. The molecule has 1 N–H and O–H groups in total. The summed E-state index contributed by atoms with van der Waals surface area (Å²) >= 11 is 1.36. The summed E-state index contributed by atoms with van der Waals surface area (Å²) in [6.45, 7) is 4.60. The molecule has 5 heteroatoms. The molecule has 21 heavy (non-hydrogen) atoms. The molecule has 0 spiro atoms. The number of benzene rings is 1. The van der Waals surface area contributed by atoms with Gasteiger partial charge in [-0.15, -0.1) is 0 Å². The number of aromatic nitrogens is 2. The molecule has 0 fully saturated rings. The molecular weight excluding hydrogens is 282 g/mol. The highest BCUT2D eigenvalue weighted by Crippen LogP contribution is 2.19. The van der Waals surface area contributed by atoms with E-state index in [2.05, 4.69) is 34.3 Å². The Labute approximate surface area is 129 Å². The van der Waals surface area contributed by atoms with Crippen LogP contribution in [0, 0.1) is 0 Å². The monoisotopic (exact) mass is 301 g/mol. The minimum atomic E-state index is -0.213. The fourth-order valence-corrected chi connectivity index (χ4v) is 2.60. The standard InChI is InChI=1S/C16H19N3OS/c1-12(14-7-4-3-5-8-14)11-19-15(20)13(2)21-16-17-9-6-10-18-16/h3-10,12-13H,11H2,1-2H3,(H,19,20). The van der Waals surface area contributed by atoms with Gasteiger partial charge in [-0.2, -0.15) is 0 Å². The van der Waals surface area contributed by atoms with Crippen molar-refractivity contribution in [3.05, 3.63) is 54.4 Å². The van der Waals surface area contributed by atoms with Gasteiger partial charge >= 0.3 is 0 Å². The second-order valence-electron chi connectivity index (χ2n) is 4.85. The number of hydrogen-bond donors (Lipinski definition) is 1. The van der Waals surface area contributed by atoms with Gasteiger partial charge in [-0.05, 0) is 24.5 Å². The largest absolute Gasteiger partial charge is 0.355 e. The normalized spacial score (nSPS) is 13.4. The summed E-state index contributed by atoms with van der Waals surface area (Å²) in [5.41, 5.74) is 1.23. The quantitative estimate of drug-likeness (QED) is 0.658. The van der Waals surface area contributed by atoms with Crippen LogP contribution in [0.1, 0.15) is 25.3 Å². The third-order valence-electron chi connectivity index (χ3n) is 3.14. The maximum absolute atomic E-state index is 12.1. The van der Waals surface area contributed by atoms with Crippen LogP contribution in [0.5, 0.6) is 0 Å². The summed E-state index contributed by atoms with van der Waals surface area (Å²) in [6, 6.07) is 11.9. The number of rotatable bonds is 6. The number of hydrogen-bond acceptors (Lipinski definition) is 4. The van der Waals surface area contributed by atoms with Crippen molar-refractivity contribution in [3.63, 3.8) is 0 Å². The Morgan fingerprint density at radius 3 is 2.48 bits per heavy atom. The van der Waals surface area contributed by atoms with E-state index in [9.17, 15) is 4.79 Å². The van der Waals surface area contributed by atoms with Gasteiger partial charge < -0.3 is 5.32 Å². The van der Waals surface area contributed by atoms with Gasteiger partial charge in [-0.1, -0.05) is 49.0 Å². The van der Waals surface area contributed by atoms with Crippen LogP contribution in [0.2, 0.25) is 0 Å². The first-order chi connectivity index (χ1) is 10.2. The van der Waals surface area contributed by atoms with Crippen LogP contribution in [-0.2, 0) is 4.79 Å². The van der Waals surface area contributed by atoms with E-state index in [0.717, 1.165) is 0 Å². The Morgan fingerprint density at radius 1 is 1.14 bits per heavy atom. The first-order valence-electron chi connectivity index (χ1n) is 6.93. The summed E-state index contributed by atoms with van der Waals surface area (Å²) in [5, 5.41) is 3.39. The van der Waals surface area contributed by atoms with Crippen molar-refractivity contribution in [2.45, 2.75) is 30.2 Å². The molecule has 110 valence electrons. The van der Waals surface area contributed by atoms with Gasteiger partial charge in [0.15, 0.2) is 5.16 Å². The zero-order valence-corrected chi connectivity index (χ0v) is 13.0. The Balaban J connectivity index is 1.81. The van der Waals surface area contributed by atoms with E-state index >= 15 is 0 Å². The van der Waals surface area contributed by atoms with Crippen LogP contribution in [0.25, 0.3) is 0 Å². The van der Waals surface area contributed by atoms with E-state index in [0.29, 0.717) is 17.6 Å². The summed E-state index contributed by atoms with van der Waals surface area (Å²) in [6.07, 6.45) is 3.36. The first-order valence-corrected chi connectivity index (χ1v) is 7.81. The van der Waals surface area contributed by atoms with Gasteiger partial charge in [0.2, 0.25) is 5.91 Å². The molecule has 4 nitrogen and oxygen atoms in total. The van der Waals surface area contributed by atoms with Gasteiger partial charge in [0.05, 0.1) is 5.25 Å². The Morgan fingerprint density at radius 2 is 1.81 bits per heavy atom. The van der Waals surface area contributed by atoms with Crippen molar-refractivity contribution < 1.29 is 4.79 Å². The van der Waals surface area contributed by atoms with Crippen molar-refractivity contribution in [2.24, 2.45) is 0 Å². The second-order valence-corrected chi connectivity index (χ2v) is 6.16. The molecule has 1 amide bonds. The molecule has 2 rings (SSSR count). The zero-order chi connectivity index (χ0) is 15.1. The summed E-state index contributed by atoms with van der Waals surface area (Å²) < 4.78 is 0. The van der Waals surface area contributed by atoms with Crippen LogP contribution in [0.3, 0.4) is 0 Å². The molecule has 2 unspecified atom stereocenters. The number of carbonyl (C=O) groups is 1. The molecule has 0 saturated carbocycles. The van der Waals surface area contributed by atoms with Crippen LogP contribution in [-0.4, -0.2) is 27.7 Å². The number of nitrogens with one attached hydrogen (secondary N) is 1. The molecule has 0 radical (unpaired) electrons. The number of nitrogens with zero attached hydrogens (tertiary/aromatic N) is 2. The first kappa shape index (κ1) is 15.5. The predicted octanol–water partition coefficient (Wildman–Crippen LogP) is 2.88. The maximum Gasteiger partial charge on any atom is 0.233 e. The third-order valence-corrected chi connectivity index (χ3v) is 4.13. The second kappa shape index (κ2) is 7.78. The highest BCUT2D eigenvalue weighted by Gasteiger charge is 2.16. The Kier molecular flexibility index (Phi) is 5.75. The van der Waals surface area contributed by atoms with Crippen LogP contribution < -0.4 is 5.32 Å². The van der Waals surface area contributed by atoms with Gasteiger partial charge in [-0.25, -0.2) is 9.97 Å². The maximum atomic E-state index is 12.1. The van der Waals surface area contributed by atoms with Crippen molar-refractivity contribution in [1.29, 1.82) is 0 Å². The molecule has 0 aliphatic rings. The van der Waals surface area contributed by atoms with Crippen LogP contribution in [0.15, 0.2) is 53.9 Å². The highest BCUT2D eigenvalue weighted by molar-refractivity contribution is 8.00. The predicted molar refractivity (Wildman–Crippen MR) is 85.2 cm³/mol. The molecular formula is C16H19N3OS. The number of amides is 1. The molecule has 0 aliphatic heterocycles. The summed E-state index contributed by atoms with van der Waals surface area (Å²) in [5.74, 6) is 0.301. The number of carbonyl (C=O) groups excluding carboxylic acids is 1. The lowest BCUT2D eigenvalue weighted by molar-refractivity contribution is -0.120. The lowest BCUT2D eigenvalue weighted by Gasteiger charge is -2.15. The minimum Gasteiger partial charge on any atom is -0.355 e. The molecule has 0 aliphatic carbocycles. The molecule has 1 aromatic carbocycles. The van der Waals surface area contributed by atoms with Crippen molar-refractivity contribution in [3.8, 4) is 0 Å². The lowest BCUT2D eigenvalue weighted by atomic mass is 10.0. The third kappa shape index (κ3) is 4.86. The Bertz CT molecular complexity index is 562. The van der Waals surface area contributed by atoms with E-state index in [-0.39, 0.29) is 11.2 Å². The van der Waals surface area contributed by atoms with Crippen molar-refractivity contribution in [2.75, 3.05) is 6.54 Å². The molecule has 1 aromatic heterocycles. The van der Waals surface area contributed by atoms with E-state index in [1.807, 2.05) is 25.1 Å². The number of thioether (sulfide) groups is 1. The van der Waals surface area contributed by atoms with E-state index in [1.54, 1.807) is 18.5 Å². The van der Waals surface area contributed by atoms with E-state index < -0.39 is 0 Å². The molecule has 1 heterocycles. The van der Waals surface area contributed by atoms with Gasteiger partial charge in [0.25, 0.3) is 0 Å². The lowest BCUT2D eigenvalue weighted by Crippen LogP contribution is -2.33. The van der Waals surface area contributed by atoms with Crippen LogP contribution in [0.4, 0.5) is 0 Å². The minimum absolute atomic E-state index is 0.00948. The van der Waals surface area contributed by atoms with E-state index in [1.165, 1.54) is 17.3 Å². The molecule has 2 aromatic rings. The average Bonchev–Trinajstić information content (AvgIpc) is 2.54. The van der Waals surface area contributed by atoms with Gasteiger partial charge in [0.1, 0.15) is 0 Å². The molecule has 2 atom stereocenters. The average molecular weight is 301 g/mol. The topological polar surface area (TPSA) is 54.9 Å². The van der Waals surface area contributed by atoms with Crippen molar-refractivity contribution in [1.82, 2.24) is 15.3 Å². The summed E-state index contributed by atoms with van der Waals surface area (Å²) in [7, 11) is 0. The van der Waals surface area contributed by atoms with E-state index in [4.69, 9.17) is 0 Å². The van der Waals surface area contributed by atoms with Crippen LogP contribution >= 0.6 is 11.8 Å². The molecule has 0 saturated heterocycles. The smallest absolute Gasteiger partial charge is 0.233 e. The summed E-state index contributed by atoms with van der Waals surface area (Å²) in [4.78, 5) is 20.3. The molecule has 0 bridgehead atoms. The highest BCUT2D eigenvalue weighted by atomic mass is 32.2. The SMILES string of the molecule is CC(Sc1ncccn1)C(=O)NCC(C)c1ccccc1. The van der Waals surface area contributed by atoms with Gasteiger partial charge in [-0.3, -0.25) is 4.79 Å². The Hall–Kier alpha value is -1.88. The fraction of sp³-hybridized carbons (Fsp3) is 0.312. The van der Waals surface area contributed by atoms with Crippen molar-refractivity contribution >= 4 is 17.7 Å². The fourth-order valence-electron chi connectivity index (χ4n) is 1.85. The van der Waals surface area contributed by atoms with Gasteiger partial charge in [0, 0.05) is 18.9 Å².